The van der Waals surface area contributed by atoms with Crippen LogP contribution in [0.4, 0.5) is 0 Å². The number of esters is 1. The highest BCUT2D eigenvalue weighted by atomic mass is 16.6. The van der Waals surface area contributed by atoms with E-state index in [4.69, 9.17) is 15.2 Å². The van der Waals surface area contributed by atoms with Crippen molar-refractivity contribution in [1.29, 1.82) is 0 Å². The second-order valence-electron chi connectivity index (χ2n) is 4.99. The van der Waals surface area contributed by atoms with Crippen molar-refractivity contribution in [3.63, 3.8) is 0 Å². The second kappa shape index (κ2) is 6.36. The molecule has 0 aliphatic carbocycles. The Hall–Kier alpha value is -2.08. The van der Waals surface area contributed by atoms with Crippen molar-refractivity contribution in [2.75, 3.05) is 6.61 Å². The minimum atomic E-state index is -1.33. The number of aliphatic hydroxyl groups is 2. The number of carbonyl (C=O) groups is 2. The van der Waals surface area contributed by atoms with E-state index in [0.717, 1.165) is 11.0 Å². The number of quaternary nitrogens is 1. The number of carbonyl (C=O) groups excluding carboxylic acids is 2. The Kier molecular flexibility index (Phi) is 4.71. The van der Waals surface area contributed by atoms with Crippen LogP contribution in [0.5, 0.6) is 0 Å². The first-order valence-corrected chi connectivity index (χ1v) is 6.53. The van der Waals surface area contributed by atoms with Crippen LogP contribution in [0.15, 0.2) is 6.33 Å². The van der Waals surface area contributed by atoms with Crippen molar-refractivity contribution in [1.82, 2.24) is 14.8 Å². The molecule has 0 bridgehead atoms. The molecule has 1 fully saturated rings. The van der Waals surface area contributed by atoms with E-state index < -0.39 is 42.5 Å². The summed E-state index contributed by atoms with van der Waals surface area (Å²) in [5.41, 5.74) is 8.54. The highest BCUT2D eigenvalue weighted by Gasteiger charge is 2.45. The standard InChI is InChI=1S/C11H17N5O6/c1-4(12)11(20)21-2-5-6(17)7(18)10(22-5)16-3-14-9(15-16)8(13)19/h3-7,10,17-18H,2,12H2,1H3,(H2,13,19)/p+1/t4-,5?,6?,7+,10?/m0/s1. The number of nitrogens with zero attached hydrogens (tertiary/aromatic N) is 3. The van der Waals surface area contributed by atoms with Gasteiger partial charge in [-0.05, 0) is 6.92 Å². The molecule has 0 aromatic carbocycles. The third kappa shape index (κ3) is 3.22. The van der Waals surface area contributed by atoms with Gasteiger partial charge < -0.3 is 31.2 Å². The number of nitrogens with two attached hydrogens (primary N) is 1. The molecule has 1 aromatic heterocycles. The maximum Gasteiger partial charge on any atom is 0.364 e. The fourth-order valence-electron chi connectivity index (χ4n) is 1.90. The molecule has 3 unspecified atom stereocenters. The molecule has 0 spiro atoms. The van der Waals surface area contributed by atoms with E-state index in [2.05, 4.69) is 15.8 Å². The van der Waals surface area contributed by atoms with Crippen molar-refractivity contribution in [2.24, 2.45) is 5.73 Å². The SMILES string of the molecule is C[C@H]([NH3+])C(=O)OCC1OC(n2cnc(C(N)=O)n2)[C@H](O)C1O. The predicted molar refractivity (Wildman–Crippen MR) is 67.8 cm³/mol. The summed E-state index contributed by atoms with van der Waals surface area (Å²) in [6.07, 6.45) is -3.49. The average molecular weight is 316 g/mol. The van der Waals surface area contributed by atoms with E-state index in [1.807, 2.05) is 0 Å². The van der Waals surface area contributed by atoms with E-state index in [-0.39, 0.29) is 12.4 Å². The number of hydrogen-bond donors (Lipinski definition) is 4. The number of primary amides is 1. The molecular weight excluding hydrogens is 298 g/mol. The Labute approximate surface area is 124 Å². The Morgan fingerprint density at radius 1 is 1.55 bits per heavy atom. The smallest absolute Gasteiger partial charge is 0.364 e. The number of amides is 1. The summed E-state index contributed by atoms with van der Waals surface area (Å²) < 4.78 is 11.4. The topological polar surface area (TPSA) is 177 Å². The largest absolute Gasteiger partial charge is 0.458 e. The Morgan fingerprint density at radius 3 is 2.77 bits per heavy atom. The molecule has 7 N–H and O–H groups in total. The van der Waals surface area contributed by atoms with Crippen LogP contribution in [0.2, 0.25) is 0 Å². The van der Waals surface area contributed by atoms with Gasteiger partial charge in [0.25, 0.3) is 5.91 Å². The van der Waals surface area contributed by atoms with E-state index >= 15 is 0 Å². The number of rotatable bonds is 5. The van der Waals surface area contributed by atoms with Gasteiger partial charge in [-0.3, -0.25) is 4.79 Å². The maximum atomic E-state index is 11.4. The van der Waals surface area contributed by atoms with Gasteiger partial charge in [0.05, 0.1) is 0 Å². The van der Waals surface area contributed by atoms with Crippen LogP contribution in [0.25, 0.3) is 0 Å². The minimum Gasteiger partial charge on any atom is -0.458 e. The lowest BCUT2D eigenvalue weighted by atomic mass is 10.1. The van der Waals surface area contributed by atoms with Crippen LogP contribution in [-0.2, 0) is 14.3 Å². The first-order valence-electron chi connectivity index (χ1n) is 6.53. The van der Waals surface area contributed by atoms with Crippen molar-refractivity contribution in [3.8, 4) is 0 Å². The zero-order valence-electron chi connectivity index (χ0n) is 11.8. The van der Waals surface area contributed by atoms with E-state index in [0.29, 0.717) is 0 Å². The van der Waals surface area contributed by atoms with Gasteiger partial charge in [0.1, 0.15) is 31.2 Å². The summed E-state index contributed by atoms with van der Waals surface area (Å²) in [4.78, 5) is 26.0. The average Bonchev–Trinajstić information content (AvgIpc) is 3.04. The van der Waals surface area contributed by atoms with Gasteiger partial charge in [-0.25, -0.2) is 14.5 Å². The number of aliphatic hydroxyl groups excluding tert-OH is 2. The molecular formula is C11H18N5O6+. The second-order valence-corrected chi connectivity index (χ2v) is 4.99. The predicted octanol–water partition coefficient (Wildman–Crippen LogP) is -3.83. The van der Waals surface area contributed by atoms with Crippen molar-refractivity contribution in [3.05, 3.63) is 12.2 Å². The molecule has 122 valence electrons. The Balaban J connectivity index is 2.03. The fourth-order valence-corrected chi connectivity index (χ4v) is 1.90. The van der Waals surface area contributed by atoms with Crippen LogP contribution in [-0.4, -0.2) is 67.8 Å². The molecule has 1 aliphatic heterocycles. The monoisotopic (exact) mass is 316 g/mol. The molecule has 11 nitrogen and oxygen atoms in total. The molecule has 2 rings (SSSR count). The third-order valence-electron chi connectivity index (χ3n) is 3.12. The number of hydrogen-bond acceptors (Lipinski definition) is 8. The fraction of sp³-hybridized carbons (Fsp3) is 0.636. The summed E-state index contributed by atoms with van der Waals surface area (Å²) in [6, 6.07) is -0.562. The molecule has 1 amide bonds. The lowest BCUT2D eigenvalue weighted by molar-refractivity contribution is -0.403. The van der Waals surface area contributed by atoms with Crippen LogP contribution in [0.3, 0.4) is 0 Å². The molecule has 11 heteroatoms. The molecule has 1 aliphatic rings. The van der Waals surface area contributed by atoms with E-state index in [1.54, 1.807) is 6.92 Å². The lowest BCUT2D eigenvalue weighted by Crippen LogP contribution is -2.63. The van der Waals surface area contributed by atoms with Crippen LogP contribution >= 0.6 is 0 Å². The maximum absolute atomic E-state index is 11.4. The van der Waals surface area contributed by atoms with Gasteiger partial charge >= 0.3 is 5.97 Å². The minimum absolute atomic E-state index is 0.244. The summed E-state index contributed by atoms with van der Waals surface area (Å²) >= 11 is 0. The normalized spacial score (nSPS) is 29.3. The first kappa shape index (κ1) is 16.3. The molecule has 2 heterocycles. The van der Waals surface area contributed by atoms with Gasteiger partial charge in [-0.2, -0.15) is 0 Å². The number of ether oxygens (including phenoxy) is 2. The molecule has 0 radical (unpaired) electrons. The lowest BCUT2D eigenvalue weighted by Gasteiger charge is -2.14. The van der Waals surface area contributed by atoms with E-state index in [1.165, 1.54) is 0 Å². The summed E-state index contributed by atoms with van der Waals surface area (Å²) in [6.45, 7) is 1.32. The van der Waals surface area contributed by atoms with Crippen LogP contribution < -0.4 is 11.5 Å². The zero-order chi connectivity index (χ0) is 16.4. The van der Waals surface area contributed by atoms with Crippen LogP contribution in [0, 0.1) is 0 Å². The van der Waals surface area contributed by atoms with E-state index in [9.17, 15) is 19.8 Å². The van der Waals surface area contributed by atoms with Crippen molar-refractivity contribution >= 4 is 11.9 Å². The molecule has 1 aromatic rings. The molecule has 22 heavy (non-hydrogen) atoms. The van der Waals surface area contributed by atoms with Gasteiger partial charge in [0, 0.05) is 0 Å². The molecule has 5 atom stereocenters. The summed E-state index contributed by atoms with van der Waals surface area (Å²) in [5, 5.41) is 23.6. The Morgan fingerprint density at radius 2 is 2.23 bits per heavy atom. The van der Waals surface area contributed by atoms with Gasteiger partial charge in [-0.15, -0.1) is 5.10 Å². The Bertz CT molecular complexity index is 561. The van der Waals surface area contributed by atoms with Gasteiger partial charge in [0.15, 0.2) is 12.3 Å². The van der Waals surface area contributed by atoms with Crippen molar-refractivity contribution in [2.45, 2.75) is 37.5 Å². The van der Waals surface area contributed by atoms with Crippen molar-refractivity contribution < 1.29 is 35.0 Å². The highest BCUT2D eigenvalue weighted by Crippen LogP contribution is 2.28. The summed E-state index contributed by atoms with van der Waals surface area (Å²) in [7, 11) is 0. The number of aromatic nitrogens is 3. The molecule has 1 saturated heterocycles. The van der Waals surface area contributed by atoms with Gasteiger partial charge in [-0.1, -0.05) is 0 Å². The highest BCUT2D eigenvalue weighted by molar-refractivity contribution is 5.88. The first-order chi connectivity index (χ1) is 10.3. The quantitative estimate of drug-likeness (QED) is 0.399. The molecule has 0 saturated carbocycles. The zero-order valence-corrected chi connectivity index (χ0v) is 11.8. The van der Waals surface area contributed by atoms with Gasteiger partial charge in [0.2, 0.25) is 5.82 Å². The summed E-state index contributed by atoms with van der Waals surface area (Å²) in [5.74, 6) is -1.63. The van der Waals surface area contributed by atoms with Crippen LogP contribution in [0.1, 0.15) is 23.8 Å². The third-order valence-corrected chi connectivity index (χ3v) is 3.12.